The van der Waals surface area contributed by atoms with Crippen LogP contribution in [0.1, 0.15) is 41.3 Å². The van der Waals surface area contributed by atoms with Crippen LogP contribution in [0.5, 0.6) is 0 Å². The van der Waals surface area contributed by atoms with Crippen LogP contribution >= 0.6 is 0 Å². The second kappa shape index (κ2) is 8.89. The van der Waals surface area contributed by atoms with E-state index in [0.717, 1.165) is 37.3 Å². The topological polar surface area (TPSA) is 107 Å². The molecular weight excluding hydrogens is 373 g/mol. The average Bonchev–Trinajstić information content (AvgIpc) is 2.66. The number of carbonyl (C=O) groups excluding carboxylic acids is 1. The number of anilines is 1. The molecule has 8 heteroatoms. The number of carbonyl (C=O) groups is 1. The van der Waals surface area contributed by atoms with Crippen molar-refractivity contribution in [3.63, 3.8) is 0 Å². The summed E-state index contributed by atoms with van der Waals surface area (Å²) < 4.78 is 19.9. The monoisotopic (exact) mass is 399 g/mol. The zero-order valence-corrected chi connectivity index (χ0v) is 16.7. The van der Waals surface area contributed by atoms with Crippen molar-refractivity contribution in [2.75, 3.05) is 18.0 Å². The Labute approximate surface area is 169 Å². The summed E-state index contributed by atoms with van der Waals surface area (Å²) in [4.78, 5) is 21.2. The SMILES string of the molecule is Cc1cc(C2CCN(c3cccc(COC(=O)N=C(N)N)c3F)CC2)cc(C)n1. The number of piperidine rings is 1. The van der Waals surface area contributed by atoms with Crippen LogP contribution in [0, 0.1) is 19.7 Å². The van der Waals surface area contributed by atoms with Crippen molar-refractivity contribution in [2.45, 2.75) is 39.2 Å². The molecule has 2 aromatic rings. The van der Waals surface area contributed by atoms with Crippen LogP contribution in [0.3, 0.4) is 0 Å². The molecule has 0 saturated carbocycles. The Balaban J connectivity index is 1.66. The molecule has 29 heavy (non-hydrogen) atoms. The number of pyridine rings is 1. The van der Waals surface area contributed by atoms with Gasteiger partial charge in [-0.05, 0) is 56.4 Å². The first kappa shape index (κ1) is 20.6. The fourth-order valence-corrected chi connectivity index (χ4v) is 3.76. The zero-order chi connectivity index (χ0) is 21.0. The lowest BCUT2D eigenvalue weighted by Gasteiger charge is -2.34. The summed E-state index contributed by atoms with van der Waals surface area (Å²) in [5.41, 5.74) is 14.4. The number of hydrogen-bond acceptors (Lipinski definition) is 4. The van der Waals surface area contributed by atoms with Crippen LogP contribution in [-0.2, 0) is 11.3 Å². The number of aromatic nitrogens is 1. The zero-order valence-electron chi connectivity index (χ0n) is 16.7. The van der Waals surface area contributed by atoms with Gasteiger partial charge in [-0.3, -0.25) is 4.98 Å². The molecule has 4 N–H and O–H groups in total. The molecule has 0 bridgehead atoms. The summed E-state index contributed by atoms with van der Waals surface area (Å²) in [6, 6.07) is 9.36. The predicted molar refractivity (Wildman–Crippen MR) is 110 cm³/mol. The second-order valence-corrected chi connectivity index (χ2v) is 7.29. The Bertz CT molecular complexity index is 899. The third-order valence-electron chi connectivity index (χ3n) is 5.04. The third kappa shape index (κ3) is 5.22. The number of guanidine groups is 1. The van der Waals surface area contributed by atoms with Gasteiger partial charge >= 0.3 is 6.09 Å². The molecule has 0 radical (unpaired) electrons. The number of nitrogens with zero attached hydrogens (tertiary/aromatic N) is 3. The number of halogens is 1. The van der Waals surface area contributed by atoms with Gasteiger partial charge in [0.1, 0.15) is 6.61 Å². The van der Waals surface area contributed by atoms with Gasteiger partial charge < -0.3 is 21.1 Å². The number of amides is 1. The van der Waals surface area contributed by atoms with Crippen LogP contribution in [0.4, 0.5) is 14.9 Å². The van der Waals surface area contributed by atoms with Crippen molar-refractivity contribution in [2.24, 2.45) is 16.5 Å². The second-order valence-electron chi connectivity index (χ2n) is 7.29. The van der Waals surface area contributed by atoms with E-state index in [4.69, 9.17) is 16.2 Å². The van der Waals surface area contributed by atoms with Gasteiger partial charge in [0, 0.05) is 30.0 Å². The molecule has 1 aliphatic heterocycles. The first-order valence-electron chi connectivity index (χ1n) is 9.57. The average molecular weight is 399 g/mol. The normalized spacial score (nSPS) is 14.5. The highest BCUT2D eigenvalue weighted by Crippen LogP contribution is 2.32. The molecule has 0 aliphatic carbocycles. The maximum absolute atomic E-state index is 15.0. The summed E-state index contributed by atoms with van der Waals surface area (Å²) in [6.07, 6.45) is 0.927. The summed E-state index contributed by atoms with van der Waals surface area (Å²) >= 11 is 0. The van der Waals surface area contributed by atoms with Crippen LogP contribution in [0.15, 0.2) is 35.3 Å². The predicted octanol–water partition coefficient (Wildman–Crippen LogP) is 3.13. The van der Waals surface area contributed by atoms with E-state index < -0.39 is 12.1 Å². The van der Waals surface area contributed by atoms with E-state index in [0.29, 0.717) is 11.6 Å². The molecule has 1 aromatic carbocycles. The van der Waals surface area contributed by atoms with Crippen LogP contribution in [-0.4, -0.2) is 30.1 Å². The molecule has 0 spiro atoms. The van der Waals surface area contributed by atoms with Crippen molar-refractivity contribution >= 4 is 17.7 Å². The van der Waals surface area contributed by atoms with Gasteiger partial charge in [0.2, 0.25) is 0 Å². The Morgan fingerprint density at radius 3 is 2.52 bits per heavy atom. The molecule has 2 heterocycles. The van der Waals surface area contributed by atoms with Gasteiger partial charge in [-0.2, -0.15) is 0 Å². The van der Waals surface area contributed by atoms with Crippen molar-refractivity contribution in [3.8, 4) is 0 Å². The minimum absolute atomic E-state index is 0.235. The highest BCUT2D eigenvalue weighted by molar-refractivity contribution is 5.87. The van der Waals surface area contributed by atoms with E-state index in [-0.39, 0.29) is 18.0 Å². The standard InChI is InChI=1S/C21H26FN5O2/c1-13-10-17(11-14(2)25-13)15-6-8-27(9-7-15)18-5-3-4-16(19(18)22)12-29-21(28)26-20(23)24/h3-5,10-11,15H,6-9,12H2,1-2H3,(H4,23,24,26,28). The molecule has 1 aromatic heterocycles. The van der Waals surface area contributed by atoms with E-state index in [1.54, 1.807) is 18.2 Å². The lowest BCUT2D eigenvalue weighted by molar-refractivity contribution is 0.149. The number of aryl methyl sites for hydroxylation is 2. The maximum atomic E-state index is 15.0. The summed E-state index contributed by atoms with van der Waals surface area (Å²) in [5, 5.41) is 0. The van der Waals surface area contributed by atoms with E-state index >= 15 is 0 Å². The van der Waals surface area contributed by atoms with E-state index in [1.807, 2.05) is 18.7 Å². The van der Waals surface area contributed by atoms with Gasteiger partial charge in [-0.1, -0.05) is 12.1 Å². The van der Waals surface area contributed by atoms with Crippen molar-refractivity contribution in [1.29, 1.82) is 0 Å². The molecule has 1 fully saturated rings. The number of rotatable bonds is 4. The van der Waals surface area contributed by atoms with Crippen molar-refractivity contribution in [3.05, 3.63) is 58.7 Å². The fraction of sp³-hybridized carbons (Fsp3) is 0.381. The largest absolute Gasteiger partial charge is 0.443 e. The number of hydrogen-bond donors (Lipinski definition) is 2. The molecule has 1 aliphatic rings. The molecule has 1 amide bonds. The highest BCUT2D eigenvalue weighted by atomic mass is 19.1. The number of benzene rings is 1. The Kier molecular flexibility index (Phi) is 6.31. The molecular formula is C21H26FN5O2. The fourth-order valence-electron chi connectivity index (χ4n) is 3.76. The van der Waals surface area contributed by atoms with Crippen molar-refractivity contribution in [1.82, 2.24) is 4.98 Å². The first-order valence-corrected chi connectivity index (χ1v) is 9.57. The smallest absolute Gasteiger partial charge is 0.437 e. The summed E-state index contributed by atoms with van der Waals surface area (Å²) in [7, 11) is 0. The quantitative estimate of drug-likeness (QED) is 0.604. The third-order valence-corrected chi connectivity index (χ3v) is 5.04. The molecule has 0 atom stereocenters. The Morgan fingerprint density at radius 1 is 1.24 bits per heavy atom. The van der Waals surface area contributed by atoms with E-state index in [9.17, 15) is 9.18 Å². The minimum atomic E-state index is -0.946. The van der Waals surface area contributed by atoms with Crippen LogP contribution < -0.4 is 16.4 Å². The van der Waals surface area contributed by atoms with Gasteiger partial charge in [-0.25, -0.2) is 9.18 Å². The van der Waals surface area contributed by atoms with Crippen LogP contribution in [0.25, 0.3) is 0 Å². The highest BCUT2D eigenvalue weighted by Gasteiger charge is 2.24. The molecule has 3 rings (SSSR count). The Hall–Kier alpha value is -3.16. The molecule has 154 valence electrons. The summed E-state index contributed by atoms with van der Waals surface area (Å²) in [6.45, 7) is 5.28. The number of nitrogens with two attached hydrogens (primary N) is 2. The lowest BCUT2D eigenvalue weighted by atomic mass is 9.89. The molecule has 0 unspecified atom stereocenters. The number of aliphatic imine (C=N–C) groups is 1. The van der Waals surface area contributed by atoms with Crippen molar-refractivity contribution < 1.29 is 13.9 Å². The summed E-state index contributed by atoms with van der Waals surface area (Å²) in [5.74, 6) is -0.343. The van der Waals surface area contributed by atoms with Gasteiger partial charge in [0.25, 0.3) is 0 Å². The molecule has 7 nitrogen and oxygen atoms in total. The Morgan fingerprint density at radius 2 is 1.90 bits per heavy atom. The van der Waals surface area contributed by atoms with Gasteiger partial charge in [-0.15, -0.1) is 4.99 Å². The molecule has 1 saturated heterocycles. The van der Waals surface area contributed by atoms with Crippen LogP contribution in [0.2, 0.25) is 0 Å². The minimum Gasteiger partial charge on any atom is -0.443 e. The first-order chi connectivity index (χ1) is 13.8. The van der Waals surface area contributed by atoms with E-state index in [1.165, 1.54) is 5.56 Å². The number of ether oxygens (including phenoxy) is 1. The lowest BCUT2D eigenvalue weighted by Crippen LogP contribution is -2.33. The van der Waals surface area contributed by atoms with Gasteiger partial charge in [0.15, 0.2) is 11.8 Å². The van der Waals surface area contributed by atoms with Gasteiger partial charge in [0.05, 0.1) is 5.69 Å². The maximum Gasteiger partial charge on any atom is 0.437 e. The van der Waals surface area contributed by atoms with E-state index in [2.05, 4.69) is 22.1 Å².